The van der Waals surface area contributed by atoms with E-state index in [2.05, 4.69) is 0 Å². The first-order valence-electron chi connectivity index (χ1n) is 3.00. The van der Waals surface area contributed by atoms with Crippen molar-refractivity contribution >= 4 is 23.1 Å². The average Bonchev–Trinajstić information content (AvgIpc) is 1.72. The van der Waals surface area contributed by atoms with Crippen LogP contribution in [0.1, 0.15) is 38.5 Å². The summed E-state index contributed by atoms with van der Waals surface area (Å²) < 4.78 is 0. The molecule has 1 saturated carbocycles. The van der Waals surface area contributed by atoms with Crippen LogP contribution in [0.3, 0.4) is 0 Å². The predicted octanol–water partition coefficient (Wildman–Crippen LogP) is -4.03. The molecule has 0 radical (unpaired) electrons. The van der Waals surface area contributed by atoms with Crippen LogP contribution in [0.15, 0.2) is 0 Å². The summed E-state index contributed by atoms with van der Waals surface area (Å²) >= 11 is 0. The molecule has 0 spiro atoms. The van der Waals surface area contributed by atoms with Crippen LogP contribution in [-0.2, 0) is 0 Å². The summed E-state index contributed by atoms with van der Waals surface area (Å²) in [6.07, 6.45) is 9.00. The molecule has 1 aliphatic rings. The third kappa shape index (κ3) is 9.35. The Labute approximate surface area is 86.1 Å². The first-order valence-corrected chi connectivity index (χ1v) is 3.00. The van der Waals surface area contributed by atoms with Gasteiger partial charge in [-0.15, -0.1) is 0 Å². The Morgan fingerprint density at radius 2 is 0.556 bits per heavy atom. The normalized spacial score (nSPS) is 16.0. The quantitative estimate of drug-likeness (QED) is 0.332. The van der Waals surface area contributed by atoms with Crippen LogP contribution in [0, 0.1) is 0 Å². The molecule has 0 aromatic heterocycles. The van der Waals surface area contributed by atoms with Gasteiger partial charge in [0.2, 0.25) is 0 Å². The van der Waals surface area contributed by atoms with Gasteiger partial charge in [0.05, 0.1) is 0 Å². The van der Waals surface area contributed by atoms with Crippen LogP contribution in [0.25, 0.3) is 0 Å². The fraction of sp³-hybridized carbons (Fsp3) is 1.00. The van der Waals surface area contributed by atoms with Gasteiger partial charge in [0.1, 0.15) is 0 Å². The SMILES string of the molecule is C1CCCCC1.[Cl-].[Cl-].[Mg+2]. The fourth-order valence-corrected chi connectivity index (χ4v) is 1.06. The molecule has 0 amide bonds. The number of hydrogen-bond donors (Lipinski definition) is 0. The molecule has 0 aromatic carbocycles. The monoisotopic (exact) mass is 178 g/mol. The van der Waals surface area contributed by atoms with E-state index >= 15 is 0 Å². The third-order valence-electron chi connectivity index (χ3n) is 1.50. The van der Waals surface area contributed by atoms with E-state index in [1.165, 1.54) is 38.5 Å². The van der Waals surface area contributed by atoms with Crippen molar-refractivity contribution < 1.29 is 24.8 Å². The number of halogens is 2. The molecule has 0 saturated heterocycles. The summed E-state index contributed by atoms with van der Waals surface area (Å²) in [4.78, 5) is 0. The molecule has 0 nitrogen and oxygen atoms in total. The topological polar surface area (TPSA) is 0 Å². The van der Waals surface area contributed by atoms with E-state index in [1.807, 2.05) is 0 Å². The molecule has 1 fully saturated rings. The molecular formula is C6H12Cl2Mg. The zero-order valence-electron chi connectivity index (χ0n) is 5.71. The standard InChI is InChI=1S/C6H12.2ClH.Mg/c1-2-4-6-5-3-1;;;/h1-6H2;2*1H;/q;;;+2/p-2. The van der Waals surface area contributed by atoms with Crippen LogP contribution in [0.4, 0.5) is 0 Å². The molecule has 52 valence electrons. The summed E-state index contributed by atoms with van der Waals surface area (Å²) in [6.45, 7) is 0. The molecule has 0 aliphatic heterocycles. The first-order chi connectivity index (χ1) is 3.00. The van der Waals surface area contributed by atoms with Crippen LogP contribution in [-0.4, -0.2) is 23.1 Å². The summed E-state index contributed by atoms with van der Waals surface area (Å²) in [5, 5.41) is 0. The summed E-state index contributed by atoms with van der Waals surface area (Å²) in [6, 6.07) is 0. The van der Waals surface area contributed by atoms with Gasteiger partial charge < -0.3 is 24.8 Å². The Hall–Kier alpha value is 1.35. The average molecular weight is 179 g/mol. The molecule has 0 heterocycles. The van der Waals surface area contributed by atoms with Crippen molar-refractivity contribution in [2.45, 2.75) is 38.5 Å². The summed E-state index contributed by atoms with van der Waals surface area (Å²) in [5.41, 5.74) is 0. The van der Waals surface area contributed by atoms with Gasteiger partial charge in [-0.25, -0.2) is 0 Å². The van der Waals surface area contributed by atoms with Crippen molar-refractivity contribution in [2.24, 2.45) is 0 Å². The van der Waals surface area contributed by atoms with Crippen molar-refractivity contribution in [3.05, 3.63) is 0 Å². The van der Waals surface area contributed by atoms with Crippen LogP contribution in [0.2, 0.25) is 0 Å². The third-order valence-corrected chi connectivity index (χ3v) is 1.50. The van der Waals surface area contributed by atoms with Crippen LogP contribution < -0.4 is 24.8 Å². The Morgan fingerprint density at radius 1 is 0.444 bits per heavy atom. The largest absolute Gasteiger partial charge is 2.00 e. The van der Waals surface area contributed by atoms with E-state index in [1.54, 1.807) is 0 Å². The van der Waals surface area contributed by atoms with Crippen LogP contribution in [0.5, 0.6) is 0 Å². The predicted molar refractivity (Wildman–Crippen MR) is 33.5 cm³/mol. The Balaban J connectivity index is -0.000000120. The molecule has 1 aliphatic carbocycles. The number of rotatable bonds is 0. The van der Waals surface area contributed by atoms with Gasteiger partial charge in [-0.2, -0.15) is 0 Å². The zero-order valence-corrected chi connectivity index (χ0v) is 8.63. The minimum absolute atomic E-state index is 0. The molecule has 0 aromatic rings. The number of hydrogen-bond acceptors (Lipinski definition) is 0. The molecule has 0 bridgehead atoms. The van der Waals surface area contributed by atoms with Gasteiger partial charge in [0, 0.05) is 0 Å². The van der Waals surface area contributed by atoms with Crippen LogP contribution >= 0.6 is 0 Å². The van der Waals surface area contributed by atoms with Crippen molar-refractivity contribution in [3.63, 3.8) is 0 Å². The summed E-state index contributed by atoms with van der Waals surface area (Å²) in [7, 11) is 0. The second-order valence-electron chi connectivity index (χ2n) is 2.12. The molecule has 0 unspecified atom stereocenters. The second kappa shape index (κ2) is 12.1. The fourth-order valence-electron chi connectivity index (χ4n) is 1.06. The Bertz CT molecular complexity index is 26.5. The van der Waals surface area contributed by atoms with E-state index in [9.17, 15) is 0 Å². The van der Waals surface area contributed by atoms with Crippen molar-refractivity contribution in [1.82, 2.24) is 0 Å². The zero-order chi connectivity index (χ0) is 4.24. The van der Waals surface area contributed by atoms with E-state index < -0.39 is 0 Å². The van der Waals surface area contributed by atoms with Crippen molar-refractivity contribution in [1.29, 1.82) is 0 Å². The van der Waals surface area contributed by atoms with E-state index in [0.717, 1.165) is 0 Å². The second-order valence-corrected chi connectivity index (χ2v) is 2.12. The Morgan fingerprint density at radius 3 is 0.667 bits per heavy atom. The maximum atomic E-state index is 1.50. The molecule has 9 heavy (non-hydrogen) atoms. The molecule has 1 rings (SSSR count). The van der Waals surface area contributed by atoms with Gasteiger partial charge in [-0.1, -0.05) is 38.5 Å². The van der Waals surface area contributed by atoms with Gasteiger partial charge in [-0.3, -0.25) is 0 Å². The summed E-state index contributed by atoms with van der Waals surface area (Å²) in [5.74, 6) is 0. The first kappa shape index (κ1) is 16.7. The molecule has 0 atom stereocenters. The van der Waals surface area contributed by atoms with Gasteiger partial charge >= 0.3 is 23.1 Å². The minimum Gasteiger partial charge on any atom is -1.00 e. The van der Waals surface area contributed by atoms with Gasteiger partial charge in [0.25, 0.3) is 0 Å². The maximum Gasteiger partial charge on any atom is 2.00 e. The van der Waals surface area contributed by atoms with E-state index in [0.29, 0.717) is 0 Å². The molecule has 0 N–H and O–H groups in total. The van der Waals surface area contributed by atoms with Gasteiger partial charge in [-0.05, 0) is 0 Å². The van der Waals surface area contributed by atoms with Crippen molar-refractivity contribution in [2.75, 3.05) is 0 Å². The molecular weight excluding hydrogens is 167 g/mol. The van der Waals surface area contributed by atoms with E-state index in [-0.39, 0.29) is 47.9 Å². The van der Waals surface area contributed by atoms with Crippen molar-refractivity contribution in [3.8, 4) is 0 Å². The smallest absolute Gasteiger partial charge is 1.00 e. The maximum absolute atomic E-state index is 1.50. The van der Waals surface area contributed by atoms with E-state index in [4.69, 9.17) is 0 Å². The Kier molecular flexibility index (Phi) is 22.4. The van der Waals surface area contributed by atoms with Gasteiger partial charge in [0.15, 0.2) is 0 Å². The minimum atomic E-state index is 0. The molecule has 3 heteroatoms.